The zero-order valence-corrected chi connectivity index (χ0v) is 38.0. The van der Waals surface area contributed by atoms with Gasteiger partial charge in [0.1, 0.15) is 5.60 Å². The summed E-state index contributed by atoms with van der Waals surface area (Å²) in [7, 11) is 0. The molecule has 0 aromatic heterocycles. The maximum Gasteiger partial charge on any atom is 0.307 e. The molecular formula is C44H85NO5S. The molecule has 2 atom stereocenters. The first-order valence-electron chi connectivity index (χ1n) is 19.9. The minimum absolute atomic E-state index is 0.126. The number of nitrogens with zero attached hydrogens (tertiary/aromatic N) is 1. The van der Waals surface area contributed by atoms with E-state index in [0.29, 0.717) is 43.7 Å². The first kappa shape index (κ1) is 49.9. The standard InChI is InChI=1S/C44H85NO5S/c1-33(2)49-37(46)21-25-45(26-22-38(47)50-44(18,19)24-28-48-41(11,12)13)27-29-51-36(34(3)30-40(8,9)10)31-42(14,15)32-43(16,17)35(4)20-23-39(5,6)7/h20,33-34,36H,21-32H2,1-19H3/b35-20+. The van der Waals surface area contributed by atoms with Crippen molar-refractivity contribution in [3.05, 3.63) is 11.6 Å². The predicted molar refractivity (Wildman–Crippen MR) is 222 cm³/mol. The van der Waals surface area contributed by atoms with Crippen LogP contribution >= 0.6 is 11.8 Å². The number of hydrogen-bond acceptors (Lipinski definition) is 7. The van der Waals surface area contributed by atoms with Crippen LogP contribution in [-0.2, 0) is 23.8 Å². The molecule has 0 radical (unpaired) electrons. The maximum atomic E-state index is 13.0. The summed E-state index contributed by atoms with van der Waals surface area (Å²) in [6, 6.07) is 0. The largest absolute Gasteiger partial charge is 0.463 e. The quantitative estimate of drug-likeness (QED) is 0.0763. The highest BCUT2D eigenvalue weighted by atomic mass is 32.2. The van der Waals surface area contributed by atoms with Crippen LogP contribution in [0.2, 0.25) is 0 Å². The van der Waals surface area contributed by atoms with E-state index in [2.05, 4.69) is 106 Å². The number of thioether (sulfide) groups is 1. The van der Waals surface area contributed by atoms with E-state index < -0.39 is 5.60 Å². The van der Waals surface area contributed by atoms with Gasteiger partial charge in [0.2, 0.25) is 0 Å². The Morgan fingerprint density at radius 1 is 0.745 bits per heavy atom. The van der Waals surface area contributed by atoms with Crippen molar-refractivity contribution in [3.63, 3.8) is 0 Å². The van der Waals surface area contributed by atoms with Gasteiger partial charge in [-0.3, -0.25) is 9.59 Å². The summed E-state index contributed by atoms with van der Waals surface area (Å²) >= 11 is 2.07. The third kappa shape index (κ3) is 26.4. The molecule has 6 nitrogen and oxygen atoms in total. The third-order valence-corrected chi connectivity index (χ3v) is 10.8. The topological polar surface area (TPSA) is 65.1 Å². The van der Waals surface area contributed by atoms with Gasteiger partial charge in [-0.2, -0.15) is 11.8 Å². The number of allylic oxidation sites excluding steroid dienone is 2. The molecule has 0 saturated carbocycles. The normalized spacial score (nSPS) is 15.4. The van der Waals surface area contributed by atoms with Gasteiger partial charge >= 0.3 is 11.9 Å². The van der Waals surface area contributed by atoms with Gasteiger partial charge in [0.05, 0.1) is 31.2 Å². The number of carbonyl (C=O) groups is 2. The molecule has 0 aromatic carbocycles. The summed E-state index contributed by atoms with van der Waals surface area (Å²) in [4.78, 5) is 27.8. The van der Waals surface area contributed by atoms with Gasteiger partial charge in [0, 0.05) is 37.1 Å². The van der Waals surface area contributed by atoms with E-state index in [9.17, 15) is 9.59 Å². The molecule has 0 aliphatic carbocycles. The minimum atomic E-state index is -0.608. The Labute approximate surface area is 321 Å². The summed E-state index contributed by atoms with van der Waals surface area (Å²) < 4.78 is 17.2. The van der Waals surface area contributed by atoms with E-state index in [4.69, 9.17) is 14.2 Å². The lowest BCUT2D eigenvalue weighted by atomic mass is 9.68. The van der Waals surface area contributed by atoms with E-state index in [0.717, 1.165) is 31.6 Å². The molecule has 0 aromatic rings. The molecule has 7 heteroatoms. The van der Waals surface area contributed by atoms with Crippen molar-refractivity contribution in [1.82, 2.24) is 4.90 Å². The fourth-order valence-corrected chi connectivity index (χ4v) is 8.37. The maximum absolute atomic E-state index is 13.0. The van der Waals surface area contributed by atoms with Crippen LogP contribution in [0.5, 0.6) is 0 Å². The van der Waals surface area contributed by atoms with Gasteiger partial charge in [-0.1, -0.05) is 87.8 Å². The predicted octanol–water partition coefficient (Wildman–Crippen LogP) is 11.9. The van der Waals surface area contributed by atoms with Crippen molar-refractivity contribution in [3.8, 4) is 0 Å². The molecule has 0 aliphatic rings. The number of hydrogen-bond donors (Lipinski definition) is 0. The van der Waals surface area contributed by atoms with Crippen LogP contribution in [0.25, 0.3) is 0 Å². The van der Waals surface area contributed by atoms with E-state index in [1.54, 1.807) is 0 Å². The van der Waals surface area contributed by atoms with Gasteiger partial charge in [0.25, 0.3) is 0 Å². The van der Waals surface area contributed by atoms with Crippen LogP contribution in [0.4, 0.5) is 0 Å². The third-order valence-electron chi connectivity index (χ3n) is 9.33. The summed E-state index contributed by atoms with van der Waals surface area (Å²) in [5.74, 6) is 1.08. The van der Waals surface area contributed by atoms with E-state index in [1.165, 1.54) is 12.0 Å². The second-order valence-electron chi connectivity index (χ2n) is 21.1. The SMILES string of the molecule is C/C(=C\CC(C)(C)C)C(C)(C)CC(C)(C)CC(SCCN(CCC(=O)OC(C)C)CCC(=O)OC(C)(C)CCOC(C)(C)C)C(C)CC(C)(C)C. The molecule has 51 heavy (non-hydrogen) atoms. The first-order valence-corrected chi connectivity index (χ1v) is 20.9. The second-order valence-corrected chi connectivity index (χ2v) is 22.4. The van der Waals surface area contributed by atoms with Crippen LogP contribution in [0, 0.1) is 27.6 Å². The van der Waals surface area contributed by atoms with Crippen molar-refractivity contribution in [1.29, 1.82) is 0 Å². The average Bonchev–Trinajstić information content (AvgIpc) is 2.88. The Balaban J connectivity index is 5.77. The van der Waals surface area contributed by atoms with E-state index in [1.807, 2.05) is 48.5 Å². The molecule has 302 valence electrons. The van der Waals surface area contributed by atoms with Crippen molar-refractivity contribution in [2.45, 2.75) is 199 Å². The Kier molecular flexibility index (Phi) is 20.7. The molecular weight excluding hydrogens is 655 g/mol. The highest BCUT2D eigenvalue weighted by Crippen LogP contribution is 2.45. The van der Waals surface area contributed by atoms with Crippen LogP contribution in [0.3, 0.4) is 0 Å². The van der Waals surface area contributed by atoms with Crippen LogP contribution in [-0.4, -0.2) is 71.4 Å². The average molecular weight is 740 g/mol. The Hall–Kier alpha value is -1.05. The molecule has 0 saturated heterocycles. The molecule has 0 fully saturated rings. The molecule has 0 amide bonds. The lowest BCUT2D eigenvalue weighted by molar-refractivity contribution is -0.159. The number of esters is 2. The van der Waals surface area contributed by atoms with Gasteiger partial charge in [0.15, 0.2) is 0 Å². The molecule has 0 rings (SSSR count). The highest BCUT2D eigenvalue weighted by molar-refractivity contribution is 7.99. The van der Waals surface area contributed by atoms with Crippen molar-refractivity contribution >= 4 is 23.7 Å². The van der Waals surface area contributed by atoms with Gasteiger partial charge in [-0.15, -0.1) is 0 Å². The van der Waals surface area contributed by atoms with Crippen LogP contribution < -0.4 is 0 Å². The Morgan fingerprint density at radius 3 is 1.78 bits per heavy atom. The van der Waals surface area contributed by atoms with Gasteiger partial charge < -0.3 is 19.1 Å². The second kappa shape index (κ2) is 21.1. The smallest absolute Gasteiger partial charge is 0.307 e. The summed E-state index contributed by atoms with van der Waals surface area (Å²) in [6.45, 7) is 44.6. The van der Waals surface area contributed by atoms with Crippen LogP contribution in [0.1, 0.15) is 176 Å². The highest BCUT2D eigenvalue weighted by Gasteiger charge is 2.35. The number of rotatable bonds is 23. The Bertz CT molecular complexity index is 1050. The van der Waals surface area contributed by atoms with Gasteiger partial charge in [-0.05, 0) is 109 Å². The molecule has 2 unspecified atom stereocenters. The van der Waals surface area contributed by atoms with Gasteiger partial charge in [-0.25, -0.2) is 0 Å². The zero-order chi connectivity index (χ0) is 40.1. The molecule has 0 spiro atoms. The lowest BCUT2D eigenvalue weighted by Gasteiger charge is -2.40. The van der Waals surface area contributed by atoms with E-state index in [-0.39, 0.29) is 51.7 Å². The minimum Gasteiger partial charge on any atom is -0.463 e. The fraction of sp³-hybridized carbons (Fsp3) is 0.909. The zero-order valence-electron chi connectivity index (χ0n) is 37.2. The van der Waals surface area contributed by atoms with Crippen molar-refractivity contribution < 1.29 is 23.8 Å². The fourth-order valence-electron chi connectivity index (χ4n) is 6.71. The monoisotopic (exact) mass is 740 g/mol. The summed E-state index contributed by atoms with van der Waals surface area (Å²) in [6.07, 6.45) is 8.09. The molecule has 0 aliphatic heterocycles. The van der Waals surface area contributed by atoms with Crippen LogP contribution in [0.15, 0.2) is 11.6 Å². The first-order chi connectivity index (χ1) is 22.8. The Morgan fingerprint density at radius 2 is 1.29 bits per heavy atom. The molecule has 0 N–H and O–H groups in total. The van der Waals surface area contributed by atoms with E-state index >= 15 is 0 Å². The molecule has 0 bridgehead atoms. The summed E-state index contributed by atoms with van der Waals surface area (Å²) in [5, 5.41) is 0.503. The lowest BCUT2D eigenvalue weighted by Crippen LogP contribution is -2.35. The summed E-state index contributed by atoms with van der Waals surface area (Å²) in [5.41, 5.74) is 1.49. The number of carbonyl (C=O) groups excluding carboxylic acids is 2. The van der Waals surface area contributed by atoms with Crippen molar-refractivity contribution in [2.24, 2.45) is 27.6 Å². The van der Waals surface area contributed by atoms with Crippen molar-refractivity contribution in [2.75, 3.05) is 32.0 Å². The molecule has 0 heterocycles. The number of ether oxygens (including phenoxy) is 3.